The van der Waals surface area contributed by atoms with Gasteiger partial charge in [0.25, 0.3) is 5.91 Å². The van der Waals surface area contributed by atoms with Crippen LogP contribution in [0.15, 0.2) is 52.0 Å². The maximum atomic E-state index is 12.0. The summed E-state index contributed by atoms with van der Waals surface area (Å²) in [4.78, 5) is 12.0. The van der Waals surface area contributed by atoms with Crippen LogP contribution < -0.4 is 5.43 Å². The molecule has 116 valence electrons. The number of carbonyl (C=O) groups excluding carboxylic acids is 1. The first-order chi connectivity index (χ1) is 11.1. The van der Waals surface area contributed by atoms with Crippen LogP contribution in [0.4, 0.5) is 0 Å². The number of hydrogen-bond acceptors (Lipinski definition) is 4. The fourth-order valence-corrected chi connectivity index (χ4v) is 2.02. The molecule has 0 unspecified atom stereocenters. The summed E-state index contributed by atoms with van der Waals surface area (Å²) in [5.74, 6) is 1.04. The van der Waals surface area contributed by atoms with E-state index in [2.05, 4.69) is 20.7 Å². The first-order valence-electron chi connectivity index (χ1n) is 7.14. The zero-order valence-electron chi connectivity index (χ0n) is 12.8. The topological polar surface area (TPSA) is 83.3 Å². The molecule has 0 radical (unpaired) electrons. The summed E-state index contributed by atoms with van der Waals surface area (Å²) in [5, 5.41) is 10.7. The normalized spacial score (nSPS) is 11.0. The number of aromatic amines is 1. The van der Waals surface area contributed by atoms with Crippen LogP contribution in [0.25, 0.3) is 11.5 Å². The molecule has 1 amide bonds. The number of furan rings is 1. The second-order valence-corrected chi connectivity index (χ2v) is 5.19. The third-order valence-corrected chi connectivity index (χ3v) is 3.27. The van der Waals surface area contributed by atoms with E-state index in [-0.39, 0.29) is 11.6 Å². The van der Waals surface area contributed by atoms with Crippen molar-refractivity contribution in [2.75, 3.05) is 0 Å². The number of nitrogens with one attached hydrogen (secondary N) is 2. The zero-order valence-corrected chi connectivity index (χ0v) is 12.8. The van der Waals surface area contributed by atoms with Gasteiger partial charge in [0, 0.05) is 6.07 Å². The van der Waals surface area contributed by atoms with Gasteiger partial charge in [-0.3, -0.25) is 9.89 Å². The molecule has 6 nitrogen and oxygen atoms in total. The Hall–Kier alpha value is -3.15. The van der Waals surface area contributed by atoms with Crippen LogP contribution >= 0.6 is 0 Å². The summed E-state index contributed by atoms with van der Waals surface area (Å²) >= 11 is 0. The Balaban J connectivity index is 1.64. The third kappa shape index (κ3) is 3.55. The maximum Gasteiger partial charge on any atom is 0.291 e. The van der Waals surface area contributed by atoms with E-state index in [9.17, 15) is 4.79 Å². The first-order valence-corrected chi connectivity index (χ1v) is 7.14. The van der Waals surface area contributed by atoms with Crippen LogP contribution in [0.3, 0.4) is 0 Å². The van der Waals surface area contributed by atoms with Gasteiger partial charge in [-0.05, 0) is 31.5 Å². The van der Waals surface area contributed by atoms with E-state index in [0.717, 1.165) is 11.3 Å². The number of aryl methyl sites for hydroxylation is 2. The van der Waals surface area contributed by atoms with Crippen molar-refractivity contribution in [3.8, 4) is 11.5 Å². The van der Waals surface area contributed by atoms with Gasteiger partial charge in [-0.25, -0.2) is 5.43 Å². The van der Waals surface area contributed by atoms with Crippen molar-refractivity contribution in [3.63, 3.8) is 0 Å². The minimum Gasteiger partial charge on any atom is -0.460 e. The van der Waals surface area contributed by atoms with Crippen molar-refractivity contribution in [1.29, 1.82) is 0 Å². The van der Waals surface area contributed by atoms with Gasteiger partial charge >= 0.3 is 0 Å². The number of hydrogen-bond donors (Lipinski definition) is 2. The lowest BCUT2D eigenvalue weighted by Crippen LogP contribution is -2.17. The molecule has 0 aliphatic heterocycles. The zero-order chi connectivity index (χ0) is 16.2. The highest BCUT2D eigenvalue weighted by molar-refractivity contribution is 5.93. The van der Waals surface area contributed by atoms with Crippen LogP contribution in [-0.4, -0.2) is 22.3 Å². The van der Waals surface area contributed by atoms with Gasteiger partial charge in [-0.1, -0.05) is 29.8 Å². The smallest absolute Gasteiger partial charge is 0.291 e. The fourth-order valence-electron chi connectivity index (χ4n) is 2.02. The van der Waals surface area contributed by atoms with Gasteiger partial charge in [-0.2, -0.15) is 10.2 Å². The highest BCUT2D eigenvalue weighted by atomic mass is 16.3. The Bertz CT molecular complexity index is 844. The van der Waals surface area contributed by atoms with Crippen molar-refractivity contribution in [2.24, 2.45) is 5.10 Å². The molecule has 0 spiro atoms. The number of amides is 1. The van der Waals surface area contributed by atoms with Gasteiger partial charge in [0.2, 0.25) is 0 Å². The summed E-state index contributed by atoms with van der Waals surface area (Å²) in [7, 11) is 0. The molecule has 0 fully saturated rings. The molecule has 2 aromatic heterocycles. The summed E-state index contributed by atoms with van der Waals surface area (Å²) in [6.45, 7) is 3.87. The molecule has 0 aliphatic rings. The number of hydrazone groups is 1. The molecule has 0 bridgehead atoms. The number of H-pyrrole nitrogens is 1. The number of benzene rings is 1. The standard InChI is InChI=1S/C17H16N4O2/c1-11-3-6-13(7-4-11)10-18-21-17(22)15-9-14(19-20-15)16-8-5-12(2)23-16/h3-10H,1-2H3,(H,19,20)(H,21,22)/b18-10+. The van der Waals surface area contributed by atoms with Crippen LogP contribution in [-0.2, 0) is 0 Å². The molecule has 2 heterocycles. The van der Waals surface area contributed by atoms with Crippen LogP contribution in [0.1, 0.15) is 27.4 Å². The van der Waals surface area contributed by atoms with E-state index < -0.39 is 0 Å². The second kappa shape index (κ2) is 6.31. The summed E-state index contributed by atoms with van der Waals surface area (Å²) in [5.41, 5.74) is 5.42. The predicted molar refractivity (Wildman–Crippen MR) is 87.3 cm³/mol. The summed E-state index contributed by atoms with van der Waals surface area (Å²) < 4.78 is 5.48. The van der Waals surface area contributed by atoms with Gasteiger partial charge in [0.15, 0.2) is 11.5 Å². The maximum absolute atomic E-state index is 12.0. The largest absolute Gasteiger partial charge is 0.460 e. The predicted octanol–water partition coefficient (Wildman–Crippen LogP) is 3.05. The van der Waals surface area contributed by atoms with Crippen LogP contribution in [0.2, 0.25) is 0 Å². The molecule has 1 aromatic carbocycles. The minimum absolute atomic E-state index is 0.245. The average molecular weight is 308 g/mol. The second-order valence-electron chi connectivity index (χ2n) is 5.19. The highest BCUT2D eigenvalue weighted by Crippen LogP contribution is 2.20. The summed E-state index contributed by atoms with van der Waals surface area (Å²) in [6, 6.07) is 13.1. The van der Waals surface area contributed by atoms with E-state index in [1.165, 1.54) is 5.56 Å². The molecule has 0 saturated heterocycles. The van der Waals surface area contributed by atoms with Gasteiger partial charge < -0.3 is 4.42 Å². The first kappa shape index (κ1) is 14.8. The molecule has 23 heavy (non-hydrogen) atoms. The van der Waals surface area contributed by atoms with Gasteiger partial charge in [0.05, 0.1) is 6.21 Å². The van der Waals surface area contributed by atoms with Crippen molar-refractivity contribution < 1.29 is 9.21 Å². The van der Waals surface area contributed by atoms with E-state index in [1.54, 1.807) is 12.3 Å². The van der Waals surface area contributed by atoms with Crippen LogP contribution in [0, 0.1) is 13.8 Å². The van der Waals surface area contributed by atoms with Crippen molar-refractivity contribution in [3.05, 3.63) is 65.0 Å². The Kier molecular flexibility index (Phi) is 4.05. The lowest BCUT2D eigenvalue weighted by Gasteiger charge is -1.96. The lowest BCUT2D eigenvalue weighted by atomic mass is 10.2. The molecule has 0 saturated carbocycles. The molecule has 6 heteroatoms. The van der Waals surface area contributed by atoms with E-state index in [1.807, 2.05) is 50.2 Å². The van der Waals surface area contributed by atoms with E-state index in [4.69, 9.17) is 4.42 Å². The van der Waals surface area contributed by atoms with Gasteiger partial charge in [0.1, 0.15) is 11.5 Å². The molecule has 3 rings (SSSR count). The average Bonchev–Trinajstić information content (AvgIpc) is 3.18. The van der Waals surface area contributed by atoms with Crippen molar-refractivity contribution in [1.82, 2.24) is 15.6 Å². The molecule has 3 aromatic rings. The number of carbonyl (C=O) groups is 1. The molecule has 2 N–H and O–H groups in total. The minimum atomic E-state index is -0.390. The molecule has 0 atom stereocenters. The SMILES string of the molecule is Cc1ccc(/C=N/NC(=O)c2cc(-c3ccc(C)o3)[nH]n2)cc1. The fraction of sp³-hybridized carbons (Fsp3) is 0.118. The summed E-state index contributed by atoms with van der Waals surface area (Å²) in [6.07, 6.45) is 1.58. The monoisotopic (exact) mass is 308 g/mol. The molecular formula is C17H16N4O2. The molecular weight excluding hydrogens is 292 g/mol. The number of rotatable bonds is 4. The van der Waals surface area contributed by atoms with Gasteiger partial charge in [-0.15, -0.1) is 0 Å². The van der Waals surface area contributed by atoms with Crippen molar-refractivity contribution in [2.45, 2.75) is 13.8 Å². The number of nitrogens with zero attached hydrogens (tertiary/aromatic N) is 2. The van der Waals surface area contributed by atoms with E-state index in [0.29, 0.717) is 11.5 Å². The Morgan fingerprint density at radius 3 is 2.70 bits per heavy atom. The Morgan fingerprint density at radius 2 is 2.00 bits per heavy atom. The third-order valence-electron chi connectivity index (χ3n) is 3.27. The molecule has 0 aliphatic carbocycles. The van der Waals surface area contributed by atoms with Crippen LogP contribution in [0.5, 0.6) is 0 Å². The highest BCUT2D eigenvalue weighted by Gasteiger charge is 2.12. The Morgan fingerprint density at radius 1 is 1.22 bits per heavy atom. The Labute approximate surface area is 133 Å². The number of aromatic nitrogens is 2. The van der Waals surface area contributed by atoms with Crippen molar-refractivity contribution >= 4 is 12.1 Å². The quantitative estimate of drug-likeness (QED) is 0.574. The van der Waals surface area contributed by atoms with E-state index >= 15 is 0 Å². The lowest BCUT2D eigenvalue weighted by molar-refractivity contribution is 0.0950.